The Bertz CT molecular complexity index is 358. The van der Waals surface area contributed by atoms with Crippen molar-refractivity contribution in [3.63, 3.8) is 0 Å². The number of hydrogen-bond acceptors (Lipinski definition) is 3. The molecular formula is C16H27NO2. The fourth-order valence-corrected chi connectivity index (χ4v) is 1.98. The maximum absolute atomic E-state index is 10.3. The minimum Gasteiger partial charge on any atom is -0.494 e. The van der Waals surface area contributed by atoms with E-state index in [0.717, 1.165) is 18.6 Å². The summed E-state index contributed by atoms with van der Waals surface area (Å²) in [7, 11) is 0. The molecule has 0 heterocycles. The van der Waals surface area contributed by atoms with Crippen molar-refractivity contribution >= 4 is 0 Å². The maximum Gasteiger partial charge on any atom is 0.119 e. The number of benzene rings is 1. The number of rotatable bonds is 8. The van der Waals surface area contributed by atoms with Gasteiger partial charge in [-0.15, -0.1) is 0 Å². The summed E-state index contributed by atoms with van der Waals surface area (Å²) in [6.07, 6.45) is 1.54. The second kappa shape index (κ2) is 7.51. The summed E-state index contributed by atoms with van der Waals surface area (Å²) in [6, 6.07) is 8.34. The summed E-state index contributed by atoms with van der Waals surface area (Å²) >= 11 is 0. The molecule has 0 aliphatic heterocycles. The first kappa shape index (κ1) is 16.0. The van der Waals surface area contributed by atoms with Gasteiger partial charge in [0.05, 0.1) is 12.2 Å². The van der Waals surface area contributed by atoms with Crippen LogP contribution in [-0.2, 0) is 0 Å². The highest BCUT2D eigenvalue weighted by molar-refractivity contribution is 5.28. The SMILES string of the molecule is CCOc1ccc(C(C)NCC(O)(CC)CC)cc1. The van der Waals surface area contributed by atoms with Crippen LogP contribution in [0.2, 0.25) is 0 Å². The average molecular weight is 265 g/mol. The number of hydrogen-bond donors (Lipinski definition) is 2. The highest BCUT2D eigenvalue weighted by Gasteiger charge is 2.22. The summed E-state index contributed by atoms with van der Waals surface area (Å²) in [5.41, 5.74) is 0.609. The summed E-state index contributed by atoms with van der Waals surface area (Å²) in [5.74, 6) is 0.900. The van der Waals surface area contributed by atoms with Crippen molar-refractivity contribution in [3.8, 4) is 5.75 Å². The lowest BCUT2D eigenvalue weighted by atomic mass is 9.96. The predicted octanol–water partition coefficient (Wildman–Crippen LogP) is 3.29. The Morgan fingerprint density at radius 1 is 1.16 bits per heavy atom. The molecule has 1 rings (SSSR count). The van der Waals surface area contributed by atoms with Crippen LogP contribution < -0.4 is 10.1 Å². The van der Waals surface area contributed by atoms with Gasteiger partial charge < -0.3 is 15.2 Å². The van der Waals surface area contributed by atoms with Crippen LogP contribution in [0.5, 0.6) is 5.75 Å². The van der Waals surface area contributed by atoms with E-state index >= 15 is 0 Å². The minimum absolute atomic E-state index is 0.223. The maximum atomic E-state index is 10.3. The van der Waals surface area contributed by atoms with Crippen LogP contribution in [0, 0.1) is 0 Å². The molecule has 0 aliphatic carbocycles. The zero-order valence-corrected chi connectivity index (χ0v) is 12.6. The largest absolute Gasteiger partial charge is 0.494 e. The zero-order valence-electron chi connectivity index (χ0n) is 12.6. The molecule has 19 heavy (non-hydrogen) atoms. The molecule has 0 fully saturated rings. The van der Waals surface area contributed by atoms with Gasteiger partial charge in [0.15, 0.2) is 0 Å². The van der Waals surface area contributed by atoms with Crippen molar-refractivity contribution in [2.45, 2.75) is 52.2 Å². The van der Waals surface area contributed by atoms with Gasteiger partial charge in [-0.25, -0.2) is 0 Å². The molecule has 0 amide bonds. The molecule has 1 unspecified atom stereocenters. The van der Waals surface area contributed by atoms with E-state index in [1.807, 2.05) is 32.9 Å². The second-order valence-corrected chi connectivity index (χ2v) is 5.04. The predicted molar refractivity (Wildman–Crippen MR) is 79.6 cm³/mol. The molecular weight excluding hydrogens is 238 g/mol. The highest BCUT2D eigenvalue weighted by atomic mass is 16.5. The molecule has 0 bridgehead atoms. The lowest BCUT2D eigenvalue weighted by Gasteiger charge is -2.27. The van der Waals surface area contributed by atoms with Crippen molar-refractivity contribution in [1.82, 2.24) is 5.32 Å². The number of ether oxygens (including phenoxy) is 1. The van der Waals surface area contributed by atoms with E-state index in [2.05, 4.69) is 24.4 Å². The van der Waals surface area contributed by atoms with Crippen LogP contribution in [0.25, 0.3) is 0 Å². The Balaban J connectivity index is 2.55. The van der Waals surface area contributed by atoms with Gasteiger partial charge in [0, 0.05) is 12.6 Å². The molecule has 1 aromatic rings. The van der Waals surface area contributed by atoms with E-state index in [1.165, 1.54) is 5.56 Å². The van der Waals surface area contributed by atoms with Crippen LogP contribution in [0.15, 0.2) is 24.3 Å². The Morgan fingerprint density at radius 2 is 1.74 bits per heavy atom. The van der Waals surface area contributed by atoms with Gasteiger partial charge in [0.1, 0.15) is 5.75 Å². The topological polar surface area (TPSA) is 41.5 Å². The second-order valence-electron chi connectivity index (χ2n) is 5.04. The van der Waals surface area contributed by atoms with Gasteiger partial charge in [-0.1, -0.05) is 26.0 Å². The van der Waals surface area contributed by atoms with Gasteiger partial charge in [0.25, 0.3) is 0 Å². The lowest BCUT2D eigenvalue weighted by Crippen LogP contribution is -2.40. The van der Waals surface area contributed by atoms with Crippen molar-refractivity contribution in [2.75, 3.05) is 13.2 Å². The van der Waals surface area contributed by atoms with Gasteiger partial charge in [0.2, 0.25) is 0 Å². The van der Waals surface area contributed by atoms with E-state index in [4.69, 9.17) is 4.74 Å². The van der Waals surface area contributed by atoms with Crippen LogP contribution >= 0.6 is 0 Å². The average Bonchev–Trinajstić information content (AvgIpc) is 2.45. The summed E-state index contributed by atoms with van der Waals surface area (Å²) in [6.45, 7) is 9.44. The van der Waals surface area contributed by atoms with Gasteiger partial charge >= 0.3 is 0 Å². The first-order chi connectivity index (χ1) is 9.04. The molecule has 0 aliphatic rings. The van der Waals surface area contributed by atoms with Crippen molar-refractivity contribution in [3.05, 3.63) is 29.8 Å². The molecule has 3 heteroatoms. The van der Waals surface area contributed by atoms with Gasteiger partial charge in [-0.2, -0.15) is 0 Å². The third-order valence-electron chi connectivity index (χ3n) is 3.74. The molecule has 0 saturated carbocycles. The normalized spacial score (nSPS) is 13.3. The third kappa shape index (κ3) is 4.84. The molecule has 0 spiro atoms. The van der Waals surface area contributed by atoms with Gasteiger partial charge in [-0.3, -0.25) is 0 Å². The summed E-state index contributed by atoms with van der Waals surface area (Å²) in [4.78, 5) is 0. The van der Waals surface area contributed by atoms with E-state index in [1.54, 1.807) is 0 Å². The molecule has 3 nitrogen and oxygen atoms in total. The molecule has 0 aromatic heterocycles. The monoisotopic (exact) mass is 265 g/mol. The highest BCUT2D eigenvalue weighted by Crippen LogP contribution is 2.19. The number of nitrogens with one attached hydrogen (secondary N) is 1. The Kier molecular flexibility index (Phi) is 6.32. The quantitative estimate of drug-likeness (QED) is 0.758. The molecule has 0 radical (unpaired) electrons. The summed E-state index contributed by atoms with van der Waals surface area (Å²) < 4.78 is 5.43. The first-order valence-electron chi connectivity index (χ1n) is 7.23. The van der Waals surface area contributed by atoms with E-state index in [-0.39, 0.29) is 6.04 Å². The minimum atomic E-state index is -0.598. The lowest BCUT2D eigenvalue weighted by molar-refractivity contribution is 0.0303. The van der Waals surface area contributed by atoms with E-state index in [9.17, 15) is 5.11 Å². The van der Waals surface area contributed by atoms with E-state index < -0.39 is 5.60 Å². The van der Waals surface area contributed by atoms with Crippen molar-refractivity contribution in [1.29, 1.82) is 0 Å². The standard InChI is InChI=1S/C16H27NO2/c1-5-16(18,6-2)12-17-13(4)14-8-10-15(11-9-14)19-7-3/h8-11,13,17-18H,5-7,12H2,1-4H3. The Morgan fingerprint density at radius 3 is 2.21 bits per heavy atom. The van der Waals surface area contributed by atoms with Crippen molar-refractivity contribution in [2.24, 2.45) is 0 Å². The smallest absolute Gasteiger partial charge is 0.119 e. The molecule has 2 N–H and O–H groups in total. The zero-order chi connectivity index (χ0) is 14.3. The Hall–Kier alpha value is -1.06. The van der Waals surface area contributed by atoms with Gasteiger partial charge in [-0.05, 0) is 44.4 Å². The first-order valence-corrected chi connectivity index (χ1v) is 7.23. The summed E-state index contributed by atoms with van der Waals surface area (Å²) in [5, 5.41) is 13.7. The molecule has 0 saturated heterocycles. The van der Waals surface area contributed by atoms with E-state index in [0.29, 0.717) is 13.2 Å². The molecule has 1 aromatic carbocycles. The molecule has 108 valence electrons. The fraction of sp³-hybridized carbons (Fsp3) is 0.625. The molecule has 1 atom stereocenters. The van der Waals surface area contributed by atoms with Crippen LogP contribution in [0.4, 0.5) is 0 Å². The van der Waals surface area contributed by atoms with Crippen LogP contribution in [-0.4, -0.2) is 23.9 Å². The van der Waals surface area contributed by atoms with Crippen LogP contribution in [0.3, 0.4) is 0 Å². The van der Waals surface area contributed by atoms with Crippen molar-refractivity contribution < 1.29 is 9.84 Å². The van der Waals surface area contributed by atoms with Crippen LogP contribution in [0.1, 0.15) is 52.1 Å². The Labute approximate surface area is 117 Å². The third-order valence-corrected chi connectivity index (χ3v) is 3.74. The number of aliphatic hydroxyl groups is 1. The fourth-order valence-electron chi connectivity index (χ4n) is 1.98.